The molecule has 0 saturated heterocycles. The van der Waals surface area contributed by atoms with Crippen molar-refractivity contribution in [3.8, 4) is 0 Å². The second-order valence-electron chi connectivity index (χ2n) is 10.7. The van der Waals surface area contributed by atoms with E-state index in [0.29, 0.717) is 28.9 Å². The molecule has 5 rings (SSSR count). The van der Waals surface area contributed by atoms with Crippen LogP contribution in [-0.2, 0) is 33.6 Å². The van der Waals surface area contributed by atoms with Gasteiger partial charge in [-0.15, -0.1) is 0 Å². The minimum atomic E-state index is -1.09. The van der Waals surface area contributed by atoms with E-state index in [2.05, 4.69) is 50.3 Å². The van der Waals surface area contributed by atoms with Crippen LogP contribution in [0.1, 0.15) is 84.2 Å². The number of nitrogens with one attached hydrogen (secondary N) is 2. The maximum atomic E-state index is 12.8. The molecular formula is C33H36N4O4. The third kappa shape index (κ3) is 4.88. The maximum absolute atomic E-state index is 12.8. The topological polar surface area (TPSA) is 121 Å². The smallest absolute Gasteiger partial charge is 0.338 e. The van der Waals surface area contributed by atoms with Gasteiger partial charge in [-0.3, -0.25) is 9.78 Å². The van der Waals surface area contributed by atoms with E-state index < -0.39 is 11.9 Å². The van der Waals surface area contributed by atoms with E-state index in [1.165, 1.54) is 0 Å². The van der Waals surface area contributed by atoms with Crippen molar-refractivity contribution >= 4 is 51.2 Å². The molecule has 1 atom stereocenters. The Balaban J connectivity index is 2.00. The first-order valence-electron chi connectivity index (χ1n) is 14.1. The zero-order valence-electron chi connectivity index (χ0n) is 24.5. The number of hydrogen-bond acceptors (Lipinski definition) is 5. The summed E-state index contributed by atoms with van der Waals surface area (Å²) in [6.07, 6.45) is 3.08. The molecule has 3 aromatic rings. The van der Waals surface area contributed by atoms with Crippen LogP contribution in [0.2, 0.25) is 0 Å². The number of nitrogens with zero attached hydrogens (tertiary/aromatic N) is 2. The highest BCUT2D eigenvalue weighted by Crippen LogP contribution is 2.36. The van der Waals surface area contributed by atoms with Gasteiger partial charge >= 0.3 is 11.9 Å². The summed E-state index contributed by atoms with van der Waals surface area (Å²) in [5.41, 5.74) is 11.5. The number of rotatable bonds is 6. The van der Waals surface area contributed by atoms with Gasteiger partial charge in [-0.05, 0) is 81.0 Å². The largest absolute Gasteiger partial charge is 0.478 e. The van der Waals surface area contributed by atoms with Gasteiger partial charge in [-0.25, -0.2) is 9.78 Å². The van der Waals surface area contributed by atoms with E-state index in [-0.39, 0.29) is 30.2 Å². The van der Waals surface area contributed by atoms with Crippen LogP contribution in [0, 0.1) is 13.8 Å². The van der Waals surface area contributed by atoms with Crippen molar-refractivity contribution in [2.45, 2.75) is 66.7 Å². The molecule has 1 unspecified atom stereocenters. The quantitative estimate of drug-likeness (QED) is 0.296. The molecule has 2 aliphatic rings. The fourth-order valence-corrected chi connectivity index (χ4v) is 5.94. The molecule has 3 N–H and O–H groups in total. The fraction of sp³-hybridized carbons (Fsp3) is 0.333. The van der Waals surface area contributed by atoms with Gasteiger partial charge in [-0.2, -0.15) is 0 Å². The Morgan fingerprint density at radius 3 is 2.39 bits per heavy atom. The number of carbonyl (C=O) groups excluding carboxylic acids is 1. The molecular weight excluding hydrogens is 516 g/mol. The number of ether oxygens (including phenoxy) is 1. The summed E-state index contributed by atoms with van der Waals surface area (Å²) in [5.74, 6) is -1.48. The summed E-state index contributed by atoms with van der Waals surface area (Å²) in [5, 5.41) is 10.3. The second-order valence-corrected chi connectivity index (χ2v) is 10.7. The van der Waals surface area contributed by atoms with Gasteiger partial charge in [0.1, 0.15) is 0 Å². The zero-order valence-corrected chi connectivity index (χ0v) is 24.5. The minimum absolute atomic E-state index is 0.0514. The van der Waals surface area contributed by atoms with Gasteiger partial charge in [0.25, 0.3) is 0 Å². The highest BCUT2D eigenvalue weighted by atomic mass is 16.5. The number of fused-ring (bicyclic) bond motifs is 8. The number of aromatic amines is 2. The van der Waals surface area contributed by atoms with Crippen LogP contribution in [0.5, 0.6) is 0 Å². The first-order chi connectivity index (χ1) is 19.6. The Labute approximate surface area is 239 Å². The predicted molar refractivity (Wildman–Crippen MR) is 163 cm³/mol. The van der Waals surface area contributed by atoms with Crippen LogP contribution in [-0.4, -0.2) is 43.6 Å². The normalized spacial score (nSPS) is 14.8. The first-order valence-corrected chi connectivity index (χ1v) is 14.1. The van der Waals surface area contributed by atoms with Crippen molar-refractivity contribution in [1.82, 2.24) is 19.9 Å². The van der Waals surface area contributed by atoms with Crippen LogP contribution in [0.15, 0.2) is 24.8 Å². The molecule has 0 amide bonds. The molecule has 8 bridgehead atoms. The lowest BCUT2D eigenvalue weighted by Crippen LogP contribution is -2.12. The summed E-state index contributed by atoms with van der Waals surface area (Å²) in [4.78, 5) is 42.4. The van der Waals surface area contributed by atoms with Crippen molar-refractivity contribution in [1.29, 1.82) is 0 Å². The lowest BCUT2D eigenvalue weighted by molar-refractivity contribution is -0.142. The summed E-state index contributed by atoms with van der Waals surface area (Å²) in [6.45, 7) is 16.1. The molecule has 8 nitrogen and oxygen atoms in total. The van der Waals surface area contributed by atoms with Crippen LogP contribution in [0.4, 0.5) is 0 Å². The van der Waals surface area contributed by atoms with Gasteiger partial charge in [0.2, 0.25) is 0 Å². The van der Waals surface area contributed by atoms with Gasteiger partial charge in [0.05, 0.1) is 30.0 Å². The van der Waals surface area contributed by atoms with E-state index >= 15 is 0 Å². The number of hydrogen-bond donors (Lipinski definition) is 3. The lowest BCUT2D eigenvalue weighted by atomic mass is 9.97. The van der Waals surface area contributed by atoms with Crippen molar-refractivity contribution < 1.29 is 19.4 Å². The zero-order chi connectivity index (χ0) is 29.6. The molecule has 0 aliphatic carbocycles. The number of aromatic nitrogens is 4. The average molecular weight is 553 g/mol. The van der Waals surface area contributed by atoms with Crippen molar-refractivity contribution in [3.05, 3.63) is 75.4 Å². The van der Waals surface area contributed by atoms with E-state index in [9.17, 15) is 14.7 Å². The van der Waals surface area contributed by atoms with Crippen molar-refractivity contribution in [3.63, 3.8) is 0 Å². The molecule has 41 heavy (non-hydrogen) atoms. The number of aliphatic carboxylic acids is 1. The van der Waals surface area contributed by atoms with Crippen molar-refractivity contribution in [2.75, 3.05) is 6.61 Å². The molecule has 2 aliphatic heterocycles. The Kier molecular flexibility index (Phi) is 7.43. The molecule has 5 heterocycles. The molecule has 0 spiro atoms. The van der Waals surface area contributed by atoms with E-state index in [1.54, 1.807) is 13.8 Å². The number of carboxylic acids is 1. The molecule has 0 saturated carbocycles. The van der Waals surface area contributed by atoms with E-state index in [1.807, 2.05) is 18.2 Å². The summed E-state index contributed by atoms with van der Waals surface area (Å²) >= 11 is 0. The first kappa shape index (κ1) is 28.1. The van der Waals surface area contributed by atoms with Gasteiger partial charge in [0.15, 0.2) is 0 Å². The second kappa shape index (κ2) is 10.8. The fourth-order valence-electron chi connectivity index (χ4n) is 5.94. The number of carboxylic acid groups (broad SMARTS) is 1. The predicted octanol–water partition coefficient (Wildman–Crippen LogP) is 6.60. The highest BCUT2D eigenvalue weighted by Gasteiger charge is 2.30. The van der Waals surface area contributed by atoms with E-state index in [0.717, 1.165) is 56.4 Å². The third-order valence-electron chi connectivity index (χ3n) is 8.21. The molecule has 0 radical (unpaired) electrons. The molecule has 0 aromatic carbocycles. The third-order valence-corrected chi connectivity index (χ3v) is 8.21. The number of aryl methyl sites for hydroxylation is 3. The Morgan fingerprint density at radius 1 is 1.02 bits per heavy atom. The molecule has 0 fully saturated rings. The molecule has 3 aromatic heterocycles. The van der Waals surface area contributed by atoms with Crippen LogP contribution < -0.4 is 0 Å². The summed E-state index contributed by atoms with van der Waals surface area (Å²) in [6, 6.07) is 6.05. The standard InChI is InChI=1S/C33H36N4O4/c1-8-20-17(5)24-13-23-16(4)11-27(34-23)22(12-30(38)41-10-3)32-31(33(39)40)19(7)26(37-32)15-29-21(9-2)18(6)25(36-29)14-28(20)35-24/h8,13-16,35-36H,1,9-12H2,2-7H3,(H,39,40). The monoisotopic (exact) mass is 552 g/mol. The van der Waals surface area contributed by atoms with Crippen molar-refractivity contribution in [2.24, 2.45) is 0 Å². The Hall–Kier alpha value is -4.46. The average Bonchev–Trinajstić information content (AvgIpc) is 3.62. The minimum Gasteiger partial charge on any atom is -0.478 e. The SMILES string of the molecule is C=Cc1c(C)c2cc3nc(c(CC(=O)OCC)c4nc(cc5[nH]c(cc1[nH]2)c(C)c5CC)C(C)=C4C(=O)O)CC3C. The Bertz CT molecular complexity index is 1810. The summed E-state index contributed by atoms with van der Waals surface area (Å²) < 4.78 is 5.28. The highest BCUT2D eigenvalue weighted by molar-refractivity contribution is 6.24. The van der Waals surface area contributed by atoms with Gasteiger partial charge in [-0.1, -0.05) is 26.5 Å². The summed E-state index contributed by atoms with van der Waals surface area (Å²) in [7, 11) is 0. The van der Waals surface area contributed by atoms with Crippen LogP contribution >= 0.6 is 0 Å². The molecule has 212 valence electrons. The van der Waals surface area contributed by atoms with Crippen LogP contribution in [0.3, 0.4) is 0 Å². The maximum Gasteiger partial charge on any atom is 0.338 e. The van der Waals surface area contributed by atoms with Gasteiger partial charge in [0, 0.05) is 50.5 Å². The van der Waals surface area contributed by atoms with Gasteiger partial charge < -0.3 is 19.8 Å². The van der Waals surface area contributed by atoms with E-state index in [4.69, 9.17) is 14.7 Å². The van der Waals surface area contributed by atoms with Crippen LogP contribution in [0.25, 0.3) is 39.3 Å². The molecule has 8 heteroatoms. The Morgan fingerprint density at radius 2 is 1.73 bits per heavy atom. The lowest BCUT2D eigenvalue weighted by Gasteiger charge is -2.08. The number of carbonyl (C=O) groups is 2. The number of esters is 1. The number of allylic oxidation sites excluding steroid dienone is 1. The number of H-pyrrole nitrogens is 2.